The number of hydrogen-bond acceptors (Lipinski definition) is 2. The predicted octanol–water partition coefficient (Wildman–Crippen LogP) is 2.81. The van der Waals surface area contributed by atoms with Gasteiger partial charge in [0.15, 0.2) is 5.96 Å². The number of aliphatic imine (C=N–C) groups is 1. The topological polar surface area (TPSA) is 30.9 Å². The molecule has 0 rings (SSSR count). The van der Waals surface area contributed by atoms with Crippen molar-refractivity contribution < 1.29 is 0 Å². The van der Waals surface area contributed by atoms with E-state index in [1.165, 1.54) is 13.0 Å². The van der Waals surface area contributed by atoms with Gasteiger partial charge in [-0.05, 0) is 32.4 Å². The van der Waals surface area contributed by atoms with Crippen LogP contribution in [0.2, 0.25) is 0 Å². The van der Waals surface area contributed by atoms with Crippen molar-refractivity contribution in [3.8, 4) is 0 Å². The van der Waals surface area contributed by atoms with Crippen molar-refractivity contribution in [2.45, 2.75) is 33.1 Å². The zero-order valence-corrected chi connectivity index (χ0v) is 16.0. The largest absolute Gasteiger partial charge is 0.355 e. The van der Waals surface area contributed by atoms with Crippen LogP contribution < -0.4 is 5.32 Å². The molecule has 0 saturated heterocycles. The molecular weight excluding hydrogens is 363 g/mol. The summed E-state index contributed by atoms with van der Waals surface area (Å²) in [4.78, 5) is 8.96. The summed E-state index contributed by atoms with van der Waals surface area (Å²) < 4.78 is 0. The SMILES string of the molecule is C=CCCCN(C)C(=NC)NCCN(CC)CCC.I. The quantitative estimate of drug-likeness (QED) is 0.203. The number of likely N-dealkylation sites (N-methyl/N-ethyl adjacent to an activating group) is 1. The average Bonchev–Trinajstić information content (AvgIpc) is 2.42. The van der Waals surface area contributed by atoms with Crippen LogP contribution in [0.1, 0.15) is 33.1 Å². The van der Waals surface area contributed by atoms with Gasteiger partial charge < -0.3 is 15.1 Å². The minimum absolute atomic E-state index is 0. The van der Waals surface area contributed by atoms with Gasteiger partial charge in [-0.1, -0.05) is 19.9 Å². The molecule has 0 amide bonds. The predicted molar refractivity (Wildman–Crippen MR) is 101 cm³/mol. The number of allylic oxidation sites excluding steroid dienone is 1. The molecule has 0 atom stereocenters. The van der Waals surface area contributed by atoms with Crippen molar-refractivity contribution in [1.82, 2.24) is 15.1 Å². The second-order valence-electron chi connectivity index (χ2n) is 4.76. The van der Waals surface area contributed by atoms with Gasteiger partial charge >= 0.3 is 0 Å². The van der Waals surface area contributed by atoms with Gasteiger partial charge in [0.1, 0.15) is 0 Å². The highest BCUT2D eigenvalue weighted by Crippen LogP contribution is 1.94. The number of halogens is 1. The number of guanidine groups is 1. The molecule has 0 radical (unpaired) electrons. The Morgan fingerprint density at radius 2 is 1.95 bits per heavy atom. The molecule has 20 heavy (non-hydrogen) atoms. The molecule has 0 aliphatic heterocycles. The molecule has 1 N–H and O–H groups in total. The van der Waals surface area contributed by atoms with E-state index >= 15 is 0 Å². The molecule has 0 saturated carbocycles. The van der Waals surface area contributed by atoms with E-state index in [9.17, 15) is 0 Å². The summed E-state index contributed by atoms with van der Waals surface area (Å²) in [6.07, 6.45) is 5.36. The third-order valence-corrected chi connectivity index (χ3v) is 3.17. The van der Waals surface area contributed by atoms with Gasteiger partial charge in [-0.25, -0.2) is 0 Å². The molecule has 0 aromatic rings. The monoisotopic (exact) mass is 396 g/mol. The highest BCUT2D eigenvalue weighted by Gasteiger charge is 2.05. The van der Waals surface area contributed by atoms with Crippen LogP contribution in [-0.2, 0) is 0 Å². The van der Waals surface area contributed by atoms with Gasteiger partial charge in [-0.15, -0.1) is 30.6 Å². The van der Waals surface area contributed by atoms with E-state index in [4.69, 9.17) is 0 Å². The third kappa shape index (κ3) is 10.5. The smallest absolute Gasteiger partial charge is 0.193 e. The van der Waals surface area contributed by atoms with E-state index in [1.54, 1.807) is 0 Å². The Bertz CT molecular complexity index is 256. The normalized spacial score (nSPS) is 11.2. The summed E-state index contributed by atoms with van der Waals surface area (Å²) in [7, 11) is 3.93. The Morgan fingerprint density at radius 3 is 2.45 bits per heavy atom. The van der Waals surface area contributed by atoms with E-state index in [-0.39, 0.29) is 24.0 Å². The zero-order chi connectivity index (χ0) is 14.5. The van der Waals surface area contributed by atoms with Gasteiger partial charge in [0.2, 0.25) is 0 Å². The molecule has 0 spiro atoms. The Balaban J connectivity index is 0. The van der Waals surface area contributed by atoms with Crippen LogP contribution in [-0.4, -0.2) is 62.6 Å². The van der Waals surface area contributed by atoms with Crippen molar-refractivity contribution in [3.63, 3.8) is 0 Å². The van der Waals surface area contributed by atoms with Crippen LogP contribution in [0, 0.1) is 0 Å². The van der Waals surface area contributed by atoms with Gasteiger partial charge in [0, 0.05) is 33.7 Å². The van der Waals surface area contributed by atoms with Gasteiger partial charge in [-0.2, -0.15) is 0 Å². The molecule has 0 aromatic heterocycles. The third-order valence-electron chi connectivity index (χ3n) is 3.17. The fourth-order valence-electron chi connectivity index (χ4n) is 2.03. The maximum atomic E-state index is 4.32. The van der Waals surface area contributed by atoms with E-state index in [1.807, 2.05) is 13.1 Å². The van der Waals surface area contributed by atoms with Crippen molar-refractivity contribution in [2.75, 3.05) is 46.8 Å². The number of hydrogen-bond donors (Lipinski definition) is 1. The lowest BCUT2D eigenvalue weighted by Gasteiger charge is -2.24. The minimum Gasteiger partial charge on any atom is -0.355 e. The molecule has 0 aliphatic carbocycles. The Hall–Kier alpha value is -0.300. The lowest BCUT2D eigenvalue weighted by atomic mass is 10.3. The molecule has 0 bridgehead atoms. The van der Waals surface area contributed by atoms with Crippen LogP contribution in [0.25, 0.3) is 0 Å². The Kier molecular flexibility index (Phi) is 16.6. The van der Waals surface area contributed by atoms with Crippen LogP contribution in [0.4, 0.5) is 0 Å². The maximum Gasteiger partial charge on any atom is 0.193 e. The molecule has 4 nitrogen and oxygen atoms in total. The molecule has 0 unspecified atom stereocenters. The Labute approximate surface area is 142 Å². The molecule has 0 aliphatic rings. The summed E-state index contributed by atoms with van der Waals surface area (Å²) in [6.45, 7) is 13.5. The molecular formula is C15H33IN4. The van der Waals surface area contributed by atoms with Gasteiger partial charge in [-0.3, -0.25) is 4.99 Å². The van der Waals surface area contributed by atoms with E-state index in [0.717, 1.165) is 45.0 Å². The van der Waals surface area contributed by atoms with Gasteiger partial charge in [0.05, 0.1) is 0 Å². The number of rotatable bonds is 10. The maximum absolute atomic E-state index is 4.32. The number of unbranched alkanes of at least 4 members (excludes halogenated alkanes) is 1. The highest BCUT2D eigenvalue weighted by molar-refractivity contribution is 14.0. The van der Waals surface area contributed by atoms with Crippen LogP contribution in [0.3, 0.4) is 0 Å². The molecule has 0 aromatic carbocycles. The van der Waals surface area contributed by atoms with Crippen LogP contribution in [0.5, 0.6) is 0 Å². The number of nitrogens with one attached hydrogen (secondary N) is 1. The van der Waals surface area contributed by atoms with Gasteiger partial charge in [0.25, 0.3) is 0 Å². The van der Waals surface area contributed by atoms with Crippen molar-refractivity contribution in [2.24, 2.45) is 4.99 Å². The first-order chi connectivity index (χ1) is 9.19. The second kappa shape index (κ2) is 15.1. The summed E-state index contributed by atoms with van der Waals surface area (Å²) in [5, 5.41) is 3.43. The number of nitrogens with zero attached hydrogens (tertiary/aromatic N) is 3. The standard InChI is InChI=1S/C15H32N4.HI/c1-6-9-10-13-18(5)15(16-4)17-11-14-19(8-3)12-7-2;/h6H,1,7-14H2,2-5H3,(H,16,17);1H. The molecule has 0 fully saturated rings. The van der Waals surface area contributed by atoms with Crippen molar-refractivity contribution >= 4 is 29.9 Å². The van der Waals surface area contributed by atoms with Crippen molar-refractivity contribution in [1.29, 1.82) is 0 Å². The molecule has 5 heteroatoms. The minimum atomic E-state index is 0. The van der Waals surface area contributed by atoms with E-state index < -0.39 is 0 Å². The summed E-state index contributed by atoms with van der Waals surface area (Å²) in [5.74, 6) is 0.983. The molecule has 0 heterocycles. The lowest BCUT2D eigenvalue weighted by Crippen LogP contribution is -2.43. The highest BCUT2D eigenvalue weighted by atomic mass is 127. The first-order valence-corrected chi connectivity index (χ1v) is 7.44. The Morgan fingerprint density at radius 1 is 1.25 bits per heavy atom. The fourth-order valence-corrected chi connectivity index (χ4v) is 2.03. The summed E-state index contributed by atoms with van der Waals surface area (Å²) in [6, 6.07) is 0. The van der Waals surface area contributed by atoms with Crippen LogP contribution in [0.15, 0.2) is 17.6 Å². The summed E-state index contributed by atoms with van der Waals surface area (Å²) >= 11 is 0. The summed E-state index contributed by atoms with van der Waals surface area (Å²) in [5.41, 5.74) is 0. The first-order valence-electron chi connectivity index (χ1n) is 7.44. The van der Waals surface area contributed by atoms with E-state index in [0.29, 0.717) is 0 Å². The molecule has 120 valence electrons. The fraction of sp³-hybridized carbons (Fsp3) is 0.800. The van der Waals surface area contributed by atoms with E-state index in [2.05, 4.69) is 47.6 Å². The average molecular weight is 396 g/mol. The zero-order valence-electron chi connectivity index (χ0n) is 13.7. The first kappa shape index (κ1) is 22.0. The lowest BCUT2D eigenvalue weighted by molar-refractivity contribution is 0.291. The second-order valence-corrected chi connectivity index (χ2v) is 4.76. The van der Waals surface area contributed by atoms with Crippen molar-refractivity contribution in [3.05, 3.63) is 12.7 Å². The van der Waals surface area contributed by atoms with Crippen LogP contribution >= 0.6 is 24.0 Å².